The summed E-state index contributed by atoms with van der Waals surface area (Å²) >= 11 is 0. The molecule has 1 fully saturated rings. The number of hydrogen-bond acceptors (Lipinski definition) is 5. The van der Waals surface area contributed by atoms with Gasteiger partial charge >= 0.3 is 0 Å². The number of allylic oxidation sites excluding steroid dienone is 2. The molecule has 1 saturated carbocycles. The molecule has 1 amide bonds. The van der Waals surface area contributed by atoms with Gasteiger partial charge in [-0.05, 0) is 43.2 Å². The number of carbonyl (C=O) groups is 1. The number of aromatic nitrogens is 4. The fourth-order valence-corrected chi connectivity index (χ4v) is 3.94. The second-order valence-corrected chi connectivity index (χ2v) is 7.24. The maximum Gasteiger partial charge on any atom is 0.258 e. The van der Waals surface area contributed by atoms with Gasteiger partial charge in [-0.25, -0.2) is 9.67 Å². The summed E-state index contributed by atoms with van der Waals surface area (Å²) in [7, 11) is 0. The second-order valence-electron chi connectivity index (χ2n) is 7.24. The molecule has 2 N–H and O–H groups in total. The van der Waals surface area contributed by atoms with Crippen LogP contribution in [-0.4, -0.2) is 36.8 Å². The molecular weight excluding hydrogens is 354 g/mol. The lowest BCUT2D eigenvalue weighted by Gasteiger charge is -2.32. The van der Waals surface area contributed by atoms with Crippen LogP contribution in [0.25, 0.3) is 5.95 Å². The summed E-state index contributed by atoms with van der Waals surface area (Å²) in [5.74, 6) is -0.0831. The Kier molecular flexibility index (Phi) is 5.50. The molecule has 7 heteroatoms. The van der Waals surface area contributed by atoms with Crippen molar-refractivity contribution in [3.8, 4) is 11.8 Å². The Morgan fingerprint density at radius 3 is 2.82 bits per heavy atom. The van der Waals surface area contributed by atoms with E-state index in [9.17, 15) is 9.90 Å². The summed E-state index contributed by atoms with van der Waals surface area (Å²) in [6.45, 7) is 0. The molecule has 2 aliphatic rings. The second kappa shape index (κ2) is 8.37. The van der Waals surface area contributed by atoms with Crippen LogP contribution in [-0.2, 0) is 0 Å². The maximum absolute atomic E-state index is 12.9. The summed E-state index contributed by atoms with van der Waals surface area (Å²) in [6.07, 6.45) is 19.7. The van der Waals surface area contributed by atoms with Crippen LogP contribution in [0.4, 0.5) is 0 Å². The first-order valence-electron chi connectivity index (χ1n) is 9.79. The van der Waals surface area contributed by atoms with E-state index in [1.54, 1.807) is 18.5 Å². The number of hydrogen-bond donors (Lipinski definition) is 2. The molecule has 0 aromatic carbocycles. The molecule has 0 unspecified atom stereocenters. The van der Waals surface area contributed by atoms with Crippen molar-refractivity contribution in [1.29, 1.82) is 0 Å². The minimum absolute atomic E-state index is 0.0667. The third-order valence-corrected chi connectivity index (χ3v) is 5.39. The topological polar surface area (TPSA) is 92.9 Å². The van der Waals surface area contributed by atoms with Crippen molar-refractivity contribution in [1.82, 2.24) is 25.1 Å². The summed E-state index contributed by atoms with van der Waals surface area (Å²) < 4.78 is 1.43. The zero-order chi connectivity index (χ0) is 19.3. The molecule has 2 heterocycles. The fourth-order valence-electron chi connectivity index (χ4n) is 3.94. The number of nitrogens with one attached hydrogen (secondary N) is 1. The van der Waals surface area contributed by atoms with Crippen LogP contribution in [0.2, 0.25) is 0 Å². The molecule has 2 aliphatic carbocycles. The summed E-state index contributed by atoms with van der Waals surface area (Å²) in [5.41, 5.74) is 1.21. The van der Waals surface area contributed by atoms with E-state index < -0.39 is 0 Å². The SMILES string of the molecule is O=C(N[C@@H](C1=CC[CH]C=C1)C1CCCCC1)c1cnc(-n2cccn2)nc1O. The highest BCUT2D eigenvalue weighted by Crippen LogP contribution is 2.31. The van der Waals surface area contributed by atoms with Crippen molar-refractivity contribution in [2.24, 2.45) is 5.92 Å². The van der Waals surface area contributed by atoms with E-state index in [0.717, 1.165) is 24.8 Å². The molecule has 0 saturated heterocycles. The Morgan fingerprint density at radius 2 is 2.14 bits per heavy atom. The first kappa shape index (κ1) is 18.4. The van der Waals surface area contributed by atoms with Gasteiger partial charge in [0.1, 0.15) is 5.56 Å². The lowest BCUT2D eigenvalue weighted by molar-refractivity contribution is 0.0921. The van der Waals surface area contributed by atoms with Gasteiger partial charge in [0.2, 0.25) is 5.88 Å². The minimum Gasteiger partial charge on any atom is -0.493 e. The van der Waals surface area contributed by atoms with Crippen molar-refractivity contribution in [2.45, 2.75) is 44.6 Å². The van der Waals surface area contributed by atoms with Gasteiger partial charge in [0.25, 0.3) is 11.9 Å². The smallest absolute Gasteiger partial charge is 0.258 e. The van der Waals surface area contributed by atoms with E-state index >= 15 is 0 Å². The first-order chi connectivity index (χ1) is 13.7. The van der Waals surface area contributed by atoms with E-state index in [-0.39, 0.29) is 29.3 Å². The van der Waals surface area contributed by atoms with Crippen molar-refractivity contribution in [3.05, 3.63) is 60.4 Å². The molecule has 0 aliphatic heterocycles. The van der Waals surface area contributed by atoms with Gasteiger partial charge in [0.05, 0.1) is 6.04 Å². The maximum atomic E-state index is 12.9. The van der Waals surface area contributed by atoms with Crippen molar-refractivity contribution in [2.75, 3.05) is 0 Å². The minimum atomic E-state index is -0.357. The van der Waals surface area contributed by atoms with Crippen LogP contribution in [0.3, 0.4) is 0 Å². The molecule has 1 radical (unpaired) electrons. The third kappa shape index (κ3) is 3.98. The Bertz CT molecular complexity index is 882. The predicted octanol–water partition coefficient (Wildman–Crippen LogP) is 3.14. The van der Waals surface area contributed by atoms with E-state index in [2.05, 4.69) is 39.0 Å². The fraction of sp³-hybridized carbons (Fsp3) is 0.381. The normalized spacial score (nSPS) is 18.5. The lowest BCUT2D eigenvalue weighted by atomic mass is 9.79. The van der Waals surface area contributed by atoms with Gasteiger partial charge < -0.3 is 10.4 Å². The van der Waals surface area contributed by atoms with Gasteiger partial charge in [-0.1, -0.05) is 37.5 Å². The van der Waals surface area contributed by atoms with E-state index in [1.807, 2.05) is 6.08 Å². The highest BCUT2D eigenvalue weighted by molar-refractivity contribution is 5.96. The molecule has 28 heavy (non-hydrogen) atoms. The Hall–Kier alpha value is -2.96. The zero-order valence-electron chi connectivity index (χ0n) is 15.7. The molecule has 7 nitrogen and oxygen atoms in total. The van der Waals surface area contributed by atoms with Crippen LogP contribution in [0.1, 0.15) is 48.9 Å². The van der Waals surface area contributed by atoms with Crippen LogP contribution in [0.15, 0.2) is 48.5 Å². The highest BCUT2D eigenvalue weighted by Gasteiger charge is 2.29. The van der Waals surface area contributed by atoms with E-state index in [1.165, 1.54) is 30.1 Å². The molecule has 145 valence electrons. The van der Waals surface area contributed by atoms with Gasteiger partial charge in [-0.2, -0.15) is 10.1 Å². The molecule has 2 aromatic heterocycles. The molecule has 1 atom stereocenters. The summed E-state index contributed by atoms with van der Waals surface area (Å²) in [6, 6.07) is 1.67. The number of rotatable bonds is 5. The number of carbonyl (C=O) groups excluding carboxylic acids is 1. The molecule has 0 spiro atoms. The van der Waals surface area contributed by atoms with Crippen molar-refractivity contribution >= 4 is 5.91 Å². The largest absolute Gasteiger partial charge is 0.493 e. The van der Waals surface area contributed by atoms with Crippen LogP contribution in [0.5, 0.6) is 5.88 Å². The molecule has 2 aromatic rings. The quantitative estimate of drug-likeness (QED) is 0.834. The Balaban J connectivity index is 1.55. The van der Waals surface area contributed by atoms with Gasteiger partial charge in [0.15, 0.2) is 0 Å². The average Bonchev–Trinajstić information content (AvgIpc) is 3.28. The summed E-state index contributed by atoms with van der Waals surface area (Å²) in [5, 5.41) is 17.5. The molecule has 0 bridgehead atoms. The highest BCUT2D eigenvalue weighted by atomic mass is 16.3. The van der Waals surface area contributed by atoms with Crippen molar-refractivity contribution in [3.63, 3.8) is 0 Å². The molecular formula is C21H24N5O2. The van der Waals surface area contributed by atoms with Crippen LogP contribution < -0.4 is 5.32 Å². The number of nitrogens with zero attached hydrogens (tertiary/aromatic N) is 4. The van der Waals surface area contributed by atoms with Crippen LogP contribution >= 0.6 is 0 Å². The number of aromatic hydroxyl groups is 1. The Morgan fingerprint density at radius 1 is 1.29 bits per heavy atom. The van der Waals surface area contributed by atoms with E-state index in [0.29, 0.717) is 5.92 Å². The standard InChI is InChI=1S/C21H24N5O2/c27-19(17-14-22-21(25-20(17)28)26-13-7-12-23-26)24-18(15-8-3-1-4-9-15)16-10-5-2-6-11-16/h1,3,7-9,12-14,16,18H,2,4-6,10-11H2,(H,24,27)(H,22,25,28)/t18-/m0/s1. The zero-order valence-corrected chi connectivity index (χ0v) is 15.7. The summed E-state index contributed by atoms with van der Waals surface area (Å²) in [4.78, 5) is 21.1. The third-order valence-electron chi connectivity index (χ3n) is 5.39. The Labute approximate surface area is 164 Å². The number of amides is 1. The molecule has 4 rings (SSSR count). The monoisotopic (exact) mass is 378 g/mol. The first-order valence-corrected chi connectivity index (χ1v) is 9.79. The predicted molar refractivity (Wildman–Crippen MR) is 105 cm³/mol. The van der Waals surface area contributed by atoms with Gasteiger partial charge in [-0.3, -0.25) is 4.79 Å². The van der Waals surface area contributed by atoms with Gasteiger partial charge in [-0.15, -0.1) is 0 Å². The van der Waals surface area contributed by atoms with Gasteiger partial charge in [0, 0.05) is 18.6 Å². The van der Waals surface area contributed by atoms with Crippen molar-refractivity contribution < 1.29 is 9.90 Å². The lowest BCUT2D eigenvalue weighted by Crippen LogP contribution is -2.42. The van der Waals surface area contributed by atoms with E-state index in [4.69, 9.17) is 0 Å². The average molecular weight is 378 g/mol. The van der Waals surface area contributed by atoms with Crippen LogP contribution in [0, 0.1) is 12.3 Å².